The predicted molar refractivity (Wildman–Crippen MR) is 66.6 cm³/mol. The average Bonchev–Trinajstić information content (AvgIpc) is 2.80. The zero-order chi connectivity index (χ0) is 11.1. The van der Waals surface area contributed by atoms with E-state index in [2.05, 4.69) is 45.0 Å². The van der Waals surface area contributed by atoms with E-state index < -0.39 is 0 Å². The number of halogens is 1. The number of hydrogen-bond donors (Lipinski definition) is 0. The number of alkyl halides is 1. The highest BCUT2D eigenvalue weighted by molar-refractivity contribution is 6.18. The minimum atomic E-state index is 0.396. The van der Waals surface area contributed by atoms with Crippen LogP contribution in [0.15, 0.2) is 24.3 Å². The molecular weight excluding hydrogens is 204 g/mol. The minimum absolute atomic E-state index is 0.396. The second kappa shape index (κ2) is 3.83. The molecule has 1 fully saturated rings. The normalized spacial score (nSPS) is 27.7. The third-order valence-corrected chi connectivity index (χ3v) is 4.32. The summed E-state index contributed by atoms with van der Waals surface area (Å²) in [6.45, 7) is 6.89. The summed E-state index contributed by atoms with van der Waals surface area (Å²) >= 11 is 6.02. The SMILES string of the molecule is CCc1ccccc1C1C(CCl)C1(C)C. The Hall–Kier alpha value is -0.490. The second-order valence-corrected chi connectivity index (χ2v) is 5.42. The highest BCUT2D eigenvalue weighted by Crippen LogP contribution is 2.65. The maximum absolute atomic E-state index is 6.02. The monoisotopic (exact) mass is 222 g/mol. The summed E-state index contributed by atoms with van der Waals surface area (Å²) in [6.07, 6.45) is 1.12. The van der Waals surface area contributed by atoms with Crippen molar-refractivity contribution >= 4 is 11.6 Å². The lowest BCUT2D eigenvalue weighted by Gasteiger charge is -2.08. The van der Waals surface area contributed by atoms with Crippen LogP contribution in [0.1, 0.15) is 37.8 Å². The fraction of sp³-hybridized carbons (Fsp3) is 0.571. The molecule has 1 aliphatic rings. The van der Waals surface area contributed by atoms with Gasteiger partial charge in [0.1, 0.15) is 0 Å². The molecule has 0 nitrogen and oxygen atoms in total. The van der Waals surface area contributed by atoms with E-state index >= 15 is 0 Å². The third kappa shape index (κ3) is 1.69. The molecule has 0 N–H and O–H groups in total. The molecule has 1 aliphatic carbocycles. The number of rotatable bonds is 3. The van der Waals surface area contributed by atoms with Gasteiger partial charge < -0.3 is 0 Å². The van der Waals surface area contributed by atoms with Gasteiger partial charge in [-0.3, -0.25) is 0 Å². The van der Waals surface area contributed by atoms with E-state index in [0.29, 0.717) is 17.3 Å². The molecule has 0 spiro atoms. The Kier molecular flexibility index (Phi) is 2.81. The Labute approximate surface area is 97.6 Å². The smallest absolute Gasteiger partial charge is 0.0263 e. The van der Waals surface area contributed by atoms with E-state index in [1.165, 1.54) is 11.1 Å². The van der Waals surface area contributed by atoms with Gasteiger partial charge in [-0.05, 0) is 34.8 Å². The van der Waals surface area contributed by atoms with Crippen molar-refractivity contribution in [2.45, 2.75) is 33.1 Å². The van der Waals surface area contributed by atoms with Crippen LogP contribution in [0.5, 0.6) is 0 Å². The van der Waals surface area contributed by atoms with E-state index in [1.807, 2.05) is 0 Å². The highest BCUT2D eigenvalue weighted by Gasteiger charge is 2.57. The van der Waals surface area contributed by atoms with Crippen LogP contribution in [-0.2, 0) is 6.42 Å². The van der Waals surface area contributed by atoms with Gasteiger partial charge in [0.15, 0.2) is 0 Å². The summed E-state index contributed by atoms with van der Waals surface area (Å²) in [5.74, 6) is 2.12. The third-order valence-electron chi connectivity index (χ3n) is 3.99. The molecule has 0 heterocycles. The second-order valence-electron chi connectivity index (χ2n) is 5.11. The number of aryl methyl sites for hydroxylation is 1. The van der Waals surface area contributed by atoms with Crippen molar-refractivity contribution in [1.29, 1.82) is 0 Å². The highest BCUT2D eigenvalue weighted by atomic mass is 35.5. The zero-order valence-corrected chi connectivity index (χ0v) is 10.5. The van der Waals surface area contributed by atoms with E-state index in [0.717, 1.165) is 12.3 Å². The number of hydrogen-bond acceptors (Lipinski definition) is 0. The van der Waals surface area contributed by atoms with Crippen molar-refractivity contribution in [3.8, 4) is 0 Å². The van der Waals surface area contributed by atoms with Gasteiger partial charge in [-0.2, -0.15) is 0 Å². The Balaban J connectivity index is 2.32. The van der Waals surface area contributed by atoms with Crippen LogP contribution in [0, 0.1) is 11.3 Å². The fourth-order valence-electron chi connectivity index (χ4n) is 2.81. The van der Waals surface area contributed by atoms with Gasteiger partial charge in [-0.1, -0.05) is 45.0 Å². The lowest BCUT2D eigenvalue weighted by molar-refractivity contribution is 0.576. The largest absolute Gasteiger partial charge is 0.126 e. The van der Waals surface area contributed by atoms with Crippen molar-refractivity contribution < 1.29 is 0 Å². The fourth-order valence-corrected chi connectivity index (χ4v) is 3.39. The summed E-state index contributed by atoms with van der Waals surface area (Å²) in [7, 11) is 0. The molecule has 1 aromatic rings. The van der Waals surface area contributed by atoms with E-state index in [-0.39, 0.29) is 0 Å². The van der Waals surface area contributed by atoms with Gasteiger partial charge in [0, 0.05) is 5.88 Å². The first-order valence-corrected chi connectivity index (χ1v) is 6.30. The van der Waals surface area contributed by atoms with Crippen LogP contribution in [-0.4, -0.2) is 5.88 Å². The molecule has 0 saturated heterocycles. The lowest BCUT2D eigenvalue weighted by Crippen LogP contribution is -1.94. The molecule has 2 rings (SSSR count). The maximum Gasteiger partial charge on any atom is 0.0263 e. The van der Waals surface area contributed by atoms with Gasteiger partial charge in [0.25, 0.3) is 0 Å². The quantitative estimate of drug-likeness (QED) is 0.672. The van der Waals surface area contributed by atoms with Crippen LogP contribution in [0.25, 0.3) is 0 Å². The standard InChI is InChI=1S/C14H19Cl/c1-4-10-7-5-6-8-11(10)13-12(9-15)14(13,2)3/h5-8,12-13H,4,9H2,1-3H3. The summed E-state index contributed by atoms with van der Waals surface area (Å²) in [4.78, 5) is 0. The number of benzene rings is 1. The summed E-state index contributed by atoms with van der Waals surface area (Å²) in [6, 6.07) is 8.80. The summed E-state index contributed by atoms with van der Waals surface area (Å²) in [5, 5.41) is 0. The van der Waals surface area contributed by atoms with Gasteiger partial charge in [-0.15, -0.1) is 11.6 Å². The molecule has 15 heavy (non-hydrogen) atoms. The van der Waals surface area contributed by atoms with Gasteiger partial charge >= 0.3 is 0 Å². The molecule has 82 valence electrons. The van der Waals surface area contributed by atoms with Crippen LogP contribution < -0.4 is 0 Å². The van der Waals surface area contributed by atoms with Crippen LogP contribution in [0.3, 0.4) is 0 Å². The van der Waals surface area contributed by atoms with Crippen LogP contribution in [0.4, 0.5) is 0 Å². The Morgan fingerprint density at radius 2 is 1.93 bits per heavy atom. The molecule has 0 bridgehead atoms. The Morgan fingerprint density at radius 1 is 1.27 bits per heavy atom. The lowest BCUT2D eigenvalue weighted by atomic mass is 9.97. The molecule has 2 unspecified atom stereocenters. The van der Waals surface area contributed by atoms with Crippen LogP contribution >= 0.6 is 11.6 Å². The van der Waals surface area contributed by atoms with Crippen LogP contribution in [0.2, 0.25) is 0 Å². The van der Waals surface area contributed by atoms with E-state index in [4.69, 9.17) is 11.6 Å². The van der Waals surface area contributed by atoms with Crippen molar-refractivity contribution in [3.63, 3.8) is 0 Å². The first kappa shape index (κ1) is 11.0. The molecule has 1 saturated carbocycles. The molecule has 1 heteroatoms. The van der Waals surface area contributed by atoms with Gasteiger partial charge in [0.05, 0.1) is 0 Å². The summed E-state index contributed by atoms with van der Waals surface area (Å²) < 4.78 is 0. The molecular formula is C14H19Cl. The first-order chi connectivity index (χ1) is 7.12. The van der Waals surface area contributed by atoms with E-state index in [1.54, 1.807) is 0 Å². The molecule has 0 aliphatic heterocycles. The van der Waals surface area contributed by atoms with Crippen molar-refractivity contribution in [2.75, 3.05) is 5.88 Å². The predicted octanol–water partition coefficient (Wildman–Crippen LogP) is 4.23. The average molecular weight is 223 g/mol. The van der Waals surface area contributed by atoms with Gasteiger partial charge in [-0.25, -0.2) is 0 Å². The Morgan fingerprint density at radius 3 is 2.47 bits per heavy atom. The zero-order valence-electron chi connectivity index (χ0n) is 9.76. The first-order valence-electron chi connectivity index (χ1n) is 5.76. The molecule has 0 amide bonds. The van der Waals surface area contributed by atoms with Gasteiger partial charge in [0.2, 0.25) is 0 Å². The van der Waals surface area contributed by atoms with Crippen molar-refractivity contribution in [2.24, 2.45) is 11.3 Å². The molecule has 0 radical (unpaired) electrons. The molecule has 1 aromatic carbocycles. The minimum Gasteiger partial charge on any atom is -0.126 e. The molecule has 2 atom stereocenters. The maximum atomic E-state index is 6.02. The topological polar surface area (TPSA) is 0 Å². The summed E-state index contributed by atoms with van der Waals surface area (Å²) in [5.41, 5.74) is 3.41. The Bertz CT molecular complexity index is 354. The van der Waals surface area contributed by atoms with E-state index in [9.17, 15) is 0 Å². The molecule has 0 aromatic heterocycles. The van der Waals surface area contributed by atoms with Crippen molar-refractivity contribution in [3.05, 3.63) is 35.4 Å². The van der Waals surface area contributed by atoms with Crippen molar-refractivity contribution in [1.82, 2.24) is 0 Å².